The lowest BCUT2D eigenvalue weighted by Crippen LogP contribution is -2.32. The highest BCUT2D eigenvalue weighted by molar-refractivity contribution is 5.89. The van der Waals surface area contributed by atoms with E-state index in [1.165, 1.54) is 25.0 Å². The van der Waals surface area contributed by atoms with Crippen LogP contribution in [0.15, 0.2) is 30.6 Å². The topological polar surface area (TPSA) is 68.2 Å². The number of benzene rings is 1. The third kappa shape index (κ3) is 3.66. The van der Waals surface area contributed by atoms with Crippen molar-refractivity contribution in [3.63, 3.8) is 0 Å². The molecule has 2 amide bonds. The molecule has 7 heteroatoms. The van der Waals surface area contributed by atoms with Crippen LogP contribution in [0.1, 0.15) is 50.3 Å². The van der Waals surface area contributed by atoms with Crippen LogP contribution >= 0.6 is 0 Å². The molecule has 2 atom stereocenters. The molecule has 1 aromatic carbocycles. The van der Waals surface area contributed by atoms with Gasteiger partial charge in [0.1, 0.15) is 11.6 Å². The van der Waals surface area contributed by atoms with Crippen molar-refractivity contribution in [2.24, 2.45) is 5.92 Å². The summed E-state index contributed by atoms with van der Waals surface area (Å²) in [7, 11) is 0. The minimum atomic E-state index is -0.342. The number of amides is 2. The molecular weight excluding hydrogens is 335 g/mol. The van der Waals surface area contributed by atoms with Crippen LogP contribution in [-0.2, 0) is 0 Å². The minimum Gasteiger partial charge on any atom is -0.493 e. The summed E-state index contributed by atoms with van der Waals surface area (Å²) in [6.45, 7) is 2.66. The lowest BCUT2D eigenvalue weighted by molar-refractivity contribution is 0.247. The Bertz CT molecular complexity index is 803. The molecule has 2 aromatic rings. The summed E-state index contributed by atoms with van der Waals surface area (Å²) in [5.41, 5.74) is 1.47. The lowest BCUT2D eigenvalue weighted by Gasteiger charge is -2.18. The maximum Gasteiger partial charge on any atom is 0.319 e. The van der Waals surface area contributed by atoms with E-state index in [4.69, 9.17) is 4.74 Å². The molecule has 1 aromatic heterocycles. The predicted molar refractivity (Wildman–Crippen MR) is 95.7 cm³/mol. The van der Waals surface area contributed by atoms with Crippen LogP contribution in [0.5, 0.6) is 5.75 Å². The van der Waals surface area contributed by atoms with Gasteiger partial charge in [-0.25, -0.2) is 9.18 Å². The summed E-state index contributed by atoms with van der Waals surface area (Å²) >= 11 is 0. The first-order chi connectivity index (χ1) is 12.6. The maximum atomic E-state index is 13.4. The Morgan fingerprint density at radius 1 is 1.38 bits per heavy atom. The molecule has 0 bridgehead atoms. The van der Waals surface area contributed by atoms with Crippen LogP contribution in [0.2, 0.25) is 0 Å². The van der Waals surface area contributed by atoms with E-state index in [1.54, 1.807) is 12.3 Å². The van der Waals surface area contributed by atoms with Gasteiger partial charge in [-0.05, 0) is 44.6 Å². The monoisotopic (exact) mass is 358 g/mol. The first-order valence-electron chi connectivity index (χ1n) is 9.14. The van der Waals surface area contributed by atoms with Crippen LogP contribution in [0.4, 0.5) is 14.9 Å². The van der Waals surface area contributed by atoms with E-state index in [0.29, 0.717) is 30.0 Å². The summed E-state index contributed by atoms with van der Waals surface area (Å²) in [6.07, 6.45) is 7.55. The molecule has 0 saturated heterocycles. The number of ether oxygens (including phenoxy) is 1. The van der Waals surface area contributed by atoms with Gasteiger partial charge < -0.3 is 15.4 Å². The number of nitrogens with one attached hydrogen (secondary N) is 2. The molecule has 26 heavy (non-hydrogen) atoms. The first-order valence-corrected chi connectivity index (χ1v) is 9.14. The highest BCUT2D eigenvalue weighted by atomic mass is 19.1. The number of anilines is 1. The molecule has 2 heterocycles. The van der Waals surface area contributed by atoms with E-state index in [-0.39, 0.29) is 17.9 Å². The number of carbonyl (C=O) groups is 1. The molecule has 1 aliphatic carbocycles. The van der Waals surface area contributed by atoms with Gasteiger partial charge in [0.15, 0.2) is 0 Å². The van der Waals surface area contributed by atoms with Crippen LogP contribution in [0, 0.1) is 11.7 Å². The predicted octanol–water partition coefficient (Wildman–Crippen LogP) is 4.03. The SMILES string of the molecule is CC(C1CC1)n1cc(NC(=O)NC2CCCOc3cc(F)ccc32)cn1. The van der Waals surface area contributed by atoms with Crippen LogP contribution in [-0.4, -0.2) is 22.4 Å². The zero-order chi connectivity index (χ0) is 18.1. The Hall–Kier alpha value is -2.57. The van der Waals surface area contributed by atoms with Gasteiger partial charge in [0.25, 0.3) is 0 Å². The van der Waals surface area contributed by atoms with E-state index < -0.39 is 0 Å². The Morgan fingerprint density at radius 3 is 3.04 bits per heavy atom. The van der Waals surface area contributed by atoms with Crippen LogP contribution < -0.4 is 15.4 Å². The Kier molecular flexibility index (Phi) is 4.53. The fourth-order valence-electron chi connectivity index (χ4n) is 3.44. The largest absolute Gasteiger partial charge is 0.493 e. The van der Waals surface area contributed by atoms with Crippen molar-refractivity contribution in [1.82, 2.24) is 15.1 Å². The lowest BCUT2D eigenvalue weighted by atomic mass is 10.0. The Balaban J connectivity index is 1.42. The fourth-order valence-corrected chi connectivity index (χ4v) is 3.44. The number of hydrogen-bond acceptors (Lipinski definition) is 3. The molecule has 4 rings (SSSR count). The van der Waals surface area contributed by atoms with Crippen LogP contribution in [0.3, 0.4) is 0 Å². The molecule has 138 valence electrons. The molecule has 1 saturated carbocycles. The van der Waals surface area contributed by atoms with Crippen molar-refractivity contribution in [2.75, 3.05) is 11.9 Å². The van der Waals surface area contributed by atoms with E-state index in [1.807, 2.05) is 10.9 Å². The number of aromatic nitrogens is 2. The van der Waals surface area contributed by atoms with Crippen molar-refractivity contribution < 1.29 is 13.9 Å². The number of nitrogens with zero attached hydrogens (tertiary/aromatic N) is 2. The summed E-state index contributed by atoms with van der Waals surface area (Å²) in [4.78, 5) is 12.4. The van der Waals surface area contributed by atoms with E-state index in [2.05, 4.69) is 22.7 Å². The van der Waals surface area contributed by atoms with Gasteiger partial charge in [-0.3, -0.25) is 4.68 Å². The number of halogens is 1. The molecule has 2 unspecified atom stereocenters. The molecular formula is C19H23FN4O2. The molecule has 1 fully saturated rings. The van der Waals surface area contributed by atoms with Gasteiger partial charge in [-0.2, -0.15) is 5.10 Å². The second-order valence-electron chi connectivity index (χ2n) is 7.11. The molecule has 2 N–H and O–H groups in total. The van der Waals surface area contributed by atoms with Gasteiger partial charge in [0.2, 0.25) is 0 Å². The summed E-state index contributed by atoms with van der Waals surface area (Å²) in [5.74, 6) is 0.851. The van der Waals surface area contributed by atoms with Crippen molar-refractivity contribution >= 4 is 11.7 Å². The van der Waals surface area contributed by atoms with Crippen LogP contribution in [0.25, 0.3) is 0 Å². The zero-order valence-corrected chi connectivity index (χ0v) is 14.7. The smallest absolute Gasteiger partial charge is 0.319 e. The molecule has 6 nitrogen and oxygen atoms in total. The number of rotatable bonds is 4. The van der Waals surface area contributed by atoms with Gasteiger partial charge >= 0.3 is 6.03 Å². The minimum absolute atomic E-state index is 0.214. The Morgan fingerprint density at radius 2 is 2.23 bits per heavy atom. The molecule has 2 aliphatic rings. The number of carbonyl (C=O) groups excluding carboxylic acids is 1. The Labute approximate surface area is 151 Å². The third-order valence-corrected chi connectivity index (χ3v) is 5.13. The van der Waals surface area contributed by atoms with E-state index >= 15 is 0 Å². The molecule has 1 aliphatic heterocycles. The second-order valence-corrected chi connectivity index (χ2v) is 7.11. The molecule has 0 spiro atoms. The van der Waals surface area contributed by atoms with Crippen molar-refractivity contribution in [3.8, 4) is 5.75 Å². The van der Waals surface area contributed by atoms with Crippen molar-refractivity contribution in [3.05, 3.63) is 42.0 Å². The highest BCUT2D eigenvalue weighted by Gasteiger charge is 2.29. The highest BCUT2D eigenvalue weighted by Crippen LogP contribution is 2.39. The van der Waals surface area contributed by atoms with Gasteiger partial charge in [0.05, 0.1) is 30.6 Å². The quantitative estimate of drug-likeness (QED) is 0.867. The summed E-state index contributed by atoms with van der Waals surface area (Å²) < 4.78 is 20.9. The van der Waals surface area contributed by atoms with Gasteiger partial charge in [-0.15, -0.1) is 0 Å². The van der Waals surface area contributed by atoms with E-state index in [0.717, 1.165) is 18.4 Å². The number of fused-ring (bicyclic) bond motifs is 1. The first kappa shape index (κ1) is 16.9. The fraction of sp³-hybridized carbons (Fsp3) is 0.474. The van der Waals surface area contributed by atoms with Crippen molar-refractivity contribution in [2.45, 2.75) is 44.7 Å². The summed E-state index contributed by atoms with van der Waals surface area (Å²) in [6, 6.07) is 4.28. The zero-order valence-electron chi connectivity index (χ0n) is 14.7. The second kappa shape index (κ2) is 6.97. The average molecular weight is 358 g/mol. The number of hydrogen-bond donors (Lipinski definition) is 2. The van der Waals surface area contributed by atoms with Gasteiger partial charge in [0, 0.05) is 17.8 Å². The van der Waals surface area contributed by atoms with E-state index in [9.17, 15) is 9.18 Å². The number of urea groups is 1. The third-order valence-electron chi connectivity index (χ3n) is 5.13. The maximum absolute atomic E-state index is 13.4. The normalized spacial score (nSPS) is 20.5. The van der Waals surface area contributed by atoms with Gasteiger partial charge in [-0.1, -0.05) is 6.07 Å². The average Bonchev–Trinajstić information content (AvgIpc) is 3.39. The summed E-state index contributed by atoms with van der Waals surface area (Å²) in [5, 5.41) is 10.2. The molecule has 0 radical (unpaired) electrons. The van der Waals surface area contributed by atoms with Crippen molar-refractivity contribution in [1.29, 1.82) is 0 Å². The standard InChI is InChI=1S/C19H23FN4O2/c1-12(13-4-5-13)24-11-15(10-21-24)22-19(25)23-17-3-2-8-26-18-9-14(20)6-7-16(17)18/h6-7,9-13,17H,2-5,8H2,1H3,(H2,22,23,25).